The summed E-state index contributed by atoms with van der Waals surface area (Å²) in [7, 11) is 0. The van der Waals surface area contributed by atoms with Crippen molar-refractivity contribution in [3.63, 3.8) is 0 Å². The van der Waals surface area contributed by atoms with E-state index in [2.05, 4.69) is 31.5 Å². The maximum atomic E-state index is 13.7. The second-order valence-corrected chi connectivity index (χ2v) is 6.07. The van der Waals surface area contributed by atoms with Gasteiger partial charge < -0.3 is 0 Å². The number of aromatic nitrogens is 4. The van der Waals surface area contributed by atoms with Gasteiger partial charge in [-0.25, -0.2) is 4.39 Å². The predicted octanol–water partition coefficient (Wildman–Crippen LogP) is 3.17. The van der Waals surface area contributed by atoms with E-state index in [9.17, 15) is 4.39 Å². The third-order valence-electron chi connectivity index (χ3n) is 2.61. The van der Waals surface area contributed by atoms with Gasteiger partial charge in [-0.05, 0) is 44.9 Å². The Kier molecular flexibility index (Phi) is 3.23. The highest BCUT2D eigenvalue weighted by atomic mass is 79.9. The molecule has 0 amide bonds. The van der Waals surface area contributed by atoms with Crippen LogP contribution in [-0.4, -0.2) is 20.2 Å². The first kappa shape index (κ1) is 13.1. The topological polar surface area (TPSA) is 43.6 Å². The third kappa shape index (κ3) is 2.29. The van der Waals surface area contributed by atoms with Gasteiger partial charge in [0.15, 0.2) is 5.82 Å². The lowest BCUT2D eigenvalue weighted by Gasteiger charge is -2.18. The molecular formula is C12H14BrFN4. The maximum Gasteiger partial charge on any atom is 0.162 e. The largest absolute Gasteiger partial charge is 0.206 e. The van der Waals surface area contributed by atoms with E-state index in [4.69, 9.17) is 0 Å². The molecule has 0 atom stereocenters. The molecule has 1 aromatic carbocycles. The van der Waals surface area contributed by atoms with Gasteiger partial charge in [-0.3, -0.25) is 0 Å². The zero-order valence-corrected chi connectivity index (χ0v) is 12.3. The molecule has 0 saturated heterocycles. The van der Waals surface area contributed by atoms with Crippen LogP contribution in [0.5, 0.6) is 0 Å². The van der Waals surface area contributed by atoms with Crippen molar-refractivity contribution in [1.82, 2.24) is 20.2 Å². The van der Waals surface area contributed by atoms with Gasteiger partial charge in [0.2, 0.25) is 0 Å². The number of hydrogen-bond donors (Lipinski definition) is 0. The standard InChI is InChI=1S/C12H14BrFN4/c1-7-5-8(13)9(14)6-10(7)18-11(12(2,3)4)15-16-17-18/h5-6H,1-4H3. The fraction of sp³-hybridized carbons (Fsp3) is 0.417. The van der Waals surface area contributed by atoms with E-state index in [-0.39, 0.29) is 11.2 Å². The van der Waals surface area contributed by atoms with Crippen LogP contribution in [0.15, 0.2) is 16.6 Å². The average Bonchev–Trinajstić information content (AvgIpc) is 2.71. The van der Waals surface area contributed by atoms with Crippen LogP contribution in [0.1, 0.15) is 32.2 Å². The van der Waals surface area contributed by atoms with Crippen LogP contribution in [0.4, 0.5) is 4.39 Å². The highest BCUT2D eigenvalue weighted by Gasteiger charge is 2.23. The Bertz CT molecular complexity index is 586. The number of nitrogens with zero attached hydrogens (tertiary/aromatic N) is 4. The molecule has 0 aliphatic carbocycles. The SMILES string of the molecule is Cc1cc(Br)c(F)cc1-n1nnnc1C(C)(C)C. The van der Waals surface area contributed by atoms with Crippen LogP contribution in [0.2, 0.25) is 0 Å². The Balaban J connectivity index is 2.64. The van der Waals surface area contributed by atoms with Crippen LogP contribution in [0, 0.1) is 12.7 Å². The minimum Gasteiger partial charge on any atom is -0.206 e. The summed E-state index contributed by atoms with van der Waals surface area (Å²) < 4.78 is 15.7. The third-order valence-corrected chi connectivity index (χ3v) is 3.22. The fourth-order valence-electron chi connectivity index (χ4n) is 1.68. The van der Waals surface area contributed by atoms with Gasteiger partial charge in [-0.15, -0.1) is 5.10 Å². The lowest BCUT2D eigenvalue weighted by Crippen LogP contribution is -2.19. The molecule has 0 radical (unpaired) electrons. The molecule has 0 aliphatic heterocycles. The minimum atomic E-state index is -0.328. The second kappa shape index (κ2) is 4.42. The molecule has 0 aliphatic rings. The predicted molar refractivity (Wildman–Crippen MR) is 70.2 cm³/mol. The number of hydrogen-bond acceptors (Lipinski definition) is 3. The van der Waals surface area contributed by atoms with Gasteiger partial charge in [-0.1, -0.05) is 20.8 Å². The molecule has 0 saturated carbocycles. The molecule has 18 heavy (non-hydrogen) atoms. The quantitative estimate of drug-likeness (QED) is 0.812. The first-order valence-electron chi connectivity index (χ1n) is 5.55. The Morgan fingerprint density at radius 3 is 2.56 bits per heavy atom. The van der Waals surface area contributed by atoms with Crippen molar-refractivity contribution in [2.24, 2.45) is 0 Å². The smallest absolute Gasteiger partial charge is 0.162 e. The number of rotatable bonds is 1. The van der Waals surface area contributed by atoms with E-state index in [0.717, 1.165) is 5.56 Å². The average molecular weight is 313 g/mol. The minimum absolute atomic E-state index is 0.209. The van der Waals surface area contributed by atoms with Crippen LogP contribution in [-0.2, 0) is 5.41 Å². The summed E-state index contributed by atoms with van der Waals surface area (Å²) in [5.74, 6) is 0.373. The monoisotopic (exact) mass is 312 g/mol. The van der Waals surface area contributed by atoms with Crippen molar-refractivity contribution in [2.75, 3.05) is 0 Å². The summed E-state index contributed by atoms with van der Waals surface area (Å²) in [5, 5.41) is 11.7. The van der Waals surface area contributed by atoms with Crippen molar-refractivity contribution < 1.29 is 4.39 Å². The first-order chi connectivity index (χ1) is 8.30. The molecule has 0 N–H and O–H groups in total. The molecule has 6 heteroatoms. The number of benzene rings is 1. The summed E-state index contributed by atoms with van der Waals surface area (Å²) in [6.07, 6.45) is 0. The Morgan fingerprint density at radius 2 is 1.94 bits per heavy atom. The number of aryl methyl sites for hydroxylation is 1. The van der Waals surface area contributed by atoms with E-state index in [1.165, 1.54) is 6.07 Å². The molecule has 0 bridgehead atoms. The molecule has 2 aromatic rings. The lowest BCUT2D eigenvalue weighted by atomic mass is 9.95. The summed E-state index contributed by atoms with van der Waals surface area (Å²) in [6.45, 7) is 7.94. The van der Waals surface area contributed by atoms with E-state index < -0.39 is 0 Å². The van der Waals surface area contributed by atoms with Gasteiger partial charge in [0.1, 0.15) is 5.82 Å². The molecule has 0 spiro atoms. The normalized spacial score (nSPS) is 11.9. The fourth-order valence-corrected chi connectivity index (χ4v) is 2.14. The second-order valence-electron chi connectivity index (χ2n) is 5.22. The number of tetrazole rings is 1. The summed E-state index contributed by atoms with van der Waals surface area (Å²) in [4.78, 5) is 0. The van der Waals surface area contributed by atoms with Gasteiger partial charge in [-0.2, -0.15) is 4.68 Å². The summed E-state index contributed by atoms with van der Waals surface area (Å²) >= 11 is 3.17. The summed E-state index contributed by atoms with van der Waals surface area (Å²) in [6, 6.07) is 3.16. The van der Waals surface area contributed by atoms with E-state index in [1.807, 2.05) is 27.7 Å². The Morgan fingerprint density at radius 1 is 1.28 bits per heavy atom. The molecule has 96 valence electrons. The zero-order valence-electron chi connectivity index (χ0n) is 10.7. The van der Waals surface area contributed by atoms with Gasteiger partial charge in [0.25, 0.3) is 0 Å². The van der Waals surface area contributed by atoms with Gasteiger partial charge >= 0.3 is 0 Å². The molecule has 0 fully saturated rings. The van der Waals surface area contributed by atoms with Crippen molar-refractivity contribution >= 4 is 15.9 Å². The van der Waals surface area contributed by atoms with Crippen LogP contribution in [0.3, 0.4) is 0 Å². The summed E-state index contributed by atoms with van der Waals surface area (Å²) in [5.41, 5.74) is 1.35. The molecule has 4 nitrogen and oxygen atoms in total. The highest BCUT2D eigenvalue weighted by Crippen LogP contribution is 2.26. The van der Waals surface area contributed by atoms with Gasteiger partial charge in [0, 0.05) is 11.5 Å². The van der Waals surface area contributed by atoms with E-state index >= 15 is 0 Å². The highest BCUT2D eigenvalue weighted by molar-refractivity contribution is 9.10. The van der Waals surface area contributed by atoms with Gasteiger partial charge in [0.05, 0.1) is 10.2 Å². The molecular weight excluding hydrogens is 299 g/mol. The van der Waals surface area contributed by atoms with Crippen molar-refractivity contribution in [2.45, 2.75) is 33.1 Å². The molecule has 1 aromatic heterocycles. The van der Waals surface area contributed by atoms with Crippen LogP contribution < -0.4 is 0 Å². The van der Waals surface area contributed by atoms with Crippen LogP contribution in [0.25, 0.3) is 5.69 Å². The zero-order chi connectivity index (χ0) is 13.5. The molecule has 2 rings (SSSR count). The van der Waals surface area contributed by atoms with Crippen molar-refractivity contribution in [3.8, 4) is 5.69 Å². The molecule has 0 unspecified atom stereocenters. The Labute approximate surface area is 113 Å². The molecule has 1 heterocycles. The van der Waals surface area contributed by atoms with Crippen molar-refractivity contribution in [3.05, 3.63) is 33.8 Å². The van der Waals surface area contributed by atoms with Crippen LogP contribution >= 0.6 is 15.9 Å². The van der Waals surface area contributed by atoms with E-state index in [1.54, 1.807) is 10.7 Å². The van der Waals surface area contributed by atoms with E-state index in [0.29, 0.717) is 16.0 Å². The number of halogens is 2. The maximum absolute atomic E-state index is 13.7. The first-order valence-corrected chi connectivity index (χ1v) is 6.35. The van der Waals surface area contributed by atoms with Crippen molar-refractivity contribution in [1.29, 1.82) is 0 Å². The lowest BCUT2D eigenvalue weighted by molar-refractivity contribution is 0.524. The Hall–Kier alpha value is -1.30.